The third-order valence-corrected chi connectivity index (χ3v) is 13.4. The van der Waals surface area contributed by atoms with Gasteiger partial charge < -0.3 is 20.3 Å². The number of unbranched alkanes of at least 4 members (excludes halogenated alkanes) is 42. The van der Waals surface area contributed by atoms with Gasteiger partial charge in [-0.25, -0.2) is 0 Å². The van der Waals surface area contributed by atoms with Crippen molar-refractivity contribution in [3.63, 3.8) is 0 Å². The quantitative estimate of drug-likeness (QED) is 0.0418. The normalized spacial score (nSPS) is 12.5. The number of carbonyl (C=O) groups is 2. The standard InChI is InChI=1S/C56H111NO5/c1-3-5-7-9-11-13-15-17-18-19-20-21-22-25-28-32-36-40-44-48-54(59)53(52-58)57-55(60)49-45-41-37-33-29-26-23-27-31-35-39-43-47-51-62-56(61)50-46-42-38-34-30-24-16-14-12-10-8-6-4-2/h53-54,58-59H,3-52H2,1-2H3,(H,57,60). The first kappa shape index (κ1) is 60.9. The van der Waals surface area contributed by atoms with E-state index in [0.717, 1.165) is 51.4 Å². The topological polar surface area (TPSA) is 95.9 Å². The minimum absolute atomic E-state index is 0.00274. The summed E-state index contributed by atoms with van der Waals surface area (Å²) in [5.41, 5.74) is 0. The van der Waals surface area contributed by atoms with Gasteiger partial charge in [-0.15, -0.1) is 0 Å². The van der Waals surface area contributed by atoms with Gasteiger partial charge in [-0.05, 0) is 25.7 Å². The molecule has 0 rings (SSSR count). The lowest BCUT2D eigenvalue weighted by Crippen LogP contribution is -2.45. The van der Waals surface area contributed by atoms with E-state index in [4.69, 9.17) is 4.74 Å². The molecule has 6 nitrogen and oxygen atoms in total. The number of rotatable bonds is 53. The molecule has 1 amide bonds. The van der Waals surface area contributed by atoms with Crippen LogP contribution >= 0.6 is 0 Å². The van der Waals surface area contributed by atoms with E-state index in [-0.39, 0.29) is 18.5 Å². The molecule has 0 radical (unpaired) electrons. The van der Waals surface area contributed by atoms with E-state index in [1.807, 2.05) is 0 Å². The van der Waals surface area contributed by atoms with Crippen LogP contribution in [0.4, 0.5) is 0 Å². The van der Waals surface area contributed by atoms with E-state index in [0.29, 0.717) is 25.9 Å². The van der Waals surface area contributed by atoms with Crippen LogP contribution in [0.2, 0.25) is 0 Å². The molecule has 0 aliphatic heterocycles. The second-order valence-corrected chi connectivity index (χ2v) is 19.6. The average Bonchev–Trinajstić information content (AvgIpc) is 3.27. The summed E-state index contributed by atoms with van der Waals surface area (Å²) < 4.78 is 5.46. The molecule has 370 valence electrons. The fourth-order valence-corrected chi connectivity index (χ4v) is 9.05. The van der Waals surface area contributed by atoms with Gasteiger partial charge in [-0.1, -0.05) is 284 Å². The Morgan fingerprint density at radius 1 is 0.387 bits per heavy atom. The molecule has 0 bridgehead atoms. The number of nitrogens with one attached hydrogen (secondary N) is 1. The third-order valence-electron chi connectivity index (χ3n) is 13.4. The van der Waals surface area contributed by atoms with Crippen LogP contribution < -0.4 is 5.32 Å². The van der Waals surface area contributed by atoms with Crippen LogP contribution in [0.1, 0.15) is 322 Å². The number of aliphatic hydroxyl groups excluding tert-OH is 2. The van der Waals surface area contributed by atoms with Crippen molar-refractivity contribution in [2.75, 3.05) is 13.2 Å². The molecule has 62 heavy (non-hydrogen) atoms. The number of hydrogen-bond acceptors (Lipinski definition) is 5. The second kappa shape index (κ2) is 52.5. The Morgan fingerprint density at radius 3 is 0.984 bits per heavy atom. The van der Waals surface area contributed by atoms with Crippen molar-refractivity contribution in [3.8, 4) is 0 Å². The van der Waals surface area contributed by atoms with Gasteiger partial charge in [-0.3, -0.25) is 9.59 Å². The van der Waals surface area contributed by atoms with E-state index >= 15 is 0 Å². The van der Waals surface area contributed by atoms with E-state index in [9.17, 15) is 19.8 Å². The molecule has 0 aromatic heterocycles. The number of ether oxygens (including phenoxy) is 1. The molecule has 0 spiro atoms. The summed E-state index contributed by atoms with van der Waals surface area (Å²) in [6.07, 6.45) is 59.4. The van der Waals surface area contributed by atoms with Crippen LogP contribution in [-0.2, 0) is 14.3 Å². The Bertz CT molecular complexity index is 882. The van der Waals surface area contributed by atoms with Crippen LogP contribution in [-0.4, -0.2) is 47.4 Å². The Hall–Kier alpha value is -1.14. The summed E-state index contributed by atoms with van der Waals surface area (Å²) in [6, 6.07) is -0.550. The molecule has 0 aromatic carbocycles. The highest BCUT2D eigenvalue weighted by molar-refractivity contribution is 5.76. The van der Waals surface area contributed by atoms with Crippen LogP contribution in [0.25, 0.3) is 0 Å². The van der Waals surface area contributed by atoms with Crippen molar-refractivity contribution in [3.05, 3.63) is 0 Å². The van der Waals surface area contributed by atoms with Crippen molar-refractivity contribution >= 4 is 11.9 Å². The lowest BCUT2D eigenvalue weighted by atomic mass is 10.0. The molecular weight excluding hydrogens is 767 g/mol. The monoisotopic (exact) mass is 878 g/mol. The van der Waals surface area contributed by atoms with Crippen molar-refractivity contribution in [1.82, 2.24) is 5.32 Å². The van der Waals surface area contributed by atoms with E-state index < -0.39 is 12.1 Å². The zero-order valence-corrected chi connectivity index (χ0v) is 42.1. The lowest BCUT2D eigenvalue weighted by molar-refractivity contribution is -0.143. The molecule has 0 saturated heterocycles. The predicted octanol–water partition coefficient (Wildman–Crippen LogP) is 17.1. The lowest BCUT2D eigenvalue weighted by Gasteiger charge is -2.22. The third kappa shape index (κ3) is 48.3. The maximum Gasteiger partial charge on any atom is 0.305 e. The molecule has 2 atom stereocenters. The van der Waals surface area contributed by atoms with E-state index in [2.05, 4.69) is 19.2 Å². The fraction of sp³-hybridized carbons (Fsp3) is 0.964. The van der Waals surface area contributed by atoms with Gasteiger partial charge in [0.15, 0.2) is 0 Å². The van der Waals surface area contributed by atoms with Crippen LogP contribution in [0, 0.1) is 0 Å². The van der Waals surface area contributed by atoms with Gasteiger partial charge in [0.1, 0.15) is 0 Å². The van der Waals surface area contributed by atoms with Crippen molar-refractivity contribution in [1.29, 1.82) is 0 Å². The second-order valence-electron chi connectivity index (χ2n) is 19.6. The first-order chi connectivity index (χ1) is 30.5. The molecule has 0 aromatic rings. The fourth-order valence-electron chi connectivity index (χ4n) is 9.05. The molecule has 0 aliphatic carbocycles. The first-order valence-electron chi connectivity index (χ1n) is 28.3. The van der Waals surface area contributed by atoms with Crippen molar-refractivity contribution in [2.45, 2.75) is 334 Å². The maximum absolute atomic E-state index is 12.5. The van der Waals surface area contributed by atoms with Gasteiger partial charge in [0, 0.05) is 12.8 Å². The Morgan fingerprint density at radius 2 is 0.661 bits per heavy atom. The number of hydrogen-bond donors (Lipinski definition) is 3. The summed E-state index contributed by atoms with van der Waals surface area (Å²) in [6.45, 7) is 4.95. The highest BCUT2D eigenvalue weighted by Crippen LogP contribution is 2.18. The van der Waals surface area contributed by atoms with Crippen molar-refractivity contribution in [2.24, 2.45) is 0 Å². The van der Waals surface area contributed by atoms with Gasteiger partial charge in [0.05, 0.1) is 25.4 Å². The number of amides is 1. The van der Waals surface area contributed by atoms with Crippen LogP contribution in [0.15, 0.2) is 0 Å². The van der Waals surface area contributed by atoms with Gasteiger partial charge in [0.2, 0.25) is 5.91 Å². The molecule has 0 aliphatic rings. The largest absolute Gasteiger partial charge is 0.466 e. The minimum atomic E-state index is -0.672. The summed E-state index contributed by atoms with van der Waals surface area (Å²) in [4.78, 5) is 24.5. The molecule has 6 heteroatoms. The summed E-state index contributed by atoms with van der Waals surface area (Å²) in [5, 5.41) is 23.3. The average molecular weight is 879 g/mol. The minimum Gasteiger partial charge on any atom is -0.466 e. The predicted molar refractivity (Wildman–Crippen MR) is 269 cm³/mol. The molecule has 3 N–H and O–H groups in total. The maximum atomic E-state index is 12.5. The van der Waals surface area contributed by atoms with Crippen LogP contribution in [0.5, 0.6) is 0 Å². The molecule has 2 unspecified atom stereocenters. The number of esters is 1. The molecule has 0 heterocycles. The first-order valence-corrected chi connectivity index (χ1v) is 28.3. The molecular formula is C56H111NO5. The molecule has 0 fully saturated rings. The summed E-state index contributed by atoms with van der Waals surface area (Å²) in [7, 11) is 0. The highest BCUT2D eigenvalue weighted by atomic mass is 16.5. The van der Waals surface area contributed by atoms with Gasteiger partial charge in [0.25, 0.3) is 0 Å². The highest BCUT2D eigenvalue weighted by Gasteiger charge is 2.20. The Balaban J connectivity index is 3.44. The van der Waals surface area contributed by atoms with Gasteiger partial charge in [-0.2, -0.15) is 0 Å². The Labute approximate surface area is 387 Å². The van der Waals surface area contributed by atoms with Crippen LogP contribution in [0.3, 0.4) is 0 Å². The number of aliphatic hydroxyl groups is 2. The smallest absolute Gasteiger partial charge is 0.305 e. The SMILES string of the molecule is CCCCCCCCCCCCCCCCCCCCCC(O)C(CO)NC(=O)CCCCCCCCCCCCCCCOC(=O)CCCCCCCCCCCCCCC. The van der Waals surface area contributed by atoms with Crippen molar-refractivity contribution < 1.29 is 24.5 Å². The van der Waals surface area contributed by atoms with Gasteiger partial charge >= 0.3 is 5.97 Å². The summed E-state index contributed by atoms with van der Waals surface area (Å²) >= 11 is 0. The number of carbonyl (C=O) groups excluding carboxylic acids is 2. The molecule has 0 saturated carbocycles. The van der Waals surface area contributed by atoms with E-state index in [1.165, 1.54) is 238 Å². The van der Waals surface area contributed by atoms with E-state index in [1.54, 1.807) is 0 Å². The zero-order chi connectivity index (χ0) is 45.1. The summed E-state index contributed by atoms with van der Waals surface area (Å²) in [5.74, 6) is -0.0467. The zero-order valence-electron chi connectivity index (χ0n) is 42.1. The Kier molecular flexibility index (Phi) is 51.5.